The minimum Gasteiger partial charge on any atom is -0.478 e. The Kier molecular flexibility index (Phi) is 7.69. The summed E-state index contributed by atoms with van der Waals surface area (Å²) in [6, 6.07) is 19.0. The first-order valence-electron chi connectivity index (χ1n) is 11.1. The Morgan fingerprint density at radius 2 is 1.63 bits per heavy atom. The minimum absolute atomic E-state index is 0.0150. The predicted octanol–water partition coefficient (Wildman–Crippen LogP) is 2.95. The van der Waals surface area contributed by atoms with Crippen molar-refractivity contribution >= 4 is 18.0 Å². The van der Waals surface area contributed by atoms with Crippen LogP contribution in [0.1, 0.15) is 33.1 Å². The summed E-state index contributed by atoms with van der Waals surface area (Å²) in [4.78, 5) is 39.0. The number of alkyl carbamates (subject to hydrolysis) is 1. The molecule has 0 saturated heterocycles. The Morgan fingerprint density at radius 3 is 2.31 bits per heavy atom. The zero-order valence-electron chi connectivity index (χ0n) is 18.9. The quantitative estimate of drug-likeness (QED) is 0.385. The van der Waals surface area contributed by atoms with Crippen molar-refractivity contribution < 1.29 is 29.0 Å². The number of hydrogen-bond acceptors (Lipinski definition) is 6. The van der Waals surface area contributed by atoms with Crippen molar-refractivity contribution in [3.8, 4) is 11.1 Å². The van der Waals surface area contributed by atoms with E-state index < -0.39 is 12.1 Å². The van der Waals surface area contributed by atoms with Crippen LogP contribution in [0.2, 0.25) is 0 Å². The molecule has 0 radical (unpaired) electrons. The summed E-state index contributed by atoms with van der Waals surface area (Å²) in [5.41, 5.74) is 5.12. The first kappa shape index (κ1) is 23.9. The Balaban J connectivity index is 1.14. The average molecular weight is 476 g/mol. The highest BCUT2D eigenvalue weighted by molar-refractivity contribution is 5.87. The summed E-state index contributed by atoms with van der Waals surface area (Å²) < 4.78 is 10.7. The second kappa shape index (κ2) is 11.3. The van der Waals surface area contributed by atoms with Gasteiger partial charge in [-0.1, -0.05) is 48.5 Å². The monoisotopic (exact) mass is 475 g/mol. The largest absolute Gasteiger partial charge is 0.478 e. The van der Waals surface area contributed by atoms with Crippen molar-refractivity contribution in [3.05, 3.63) is 89.2 Å². The molecule has 3 aromatic rings. The molecule has 1 aromatic heterocycles. The molecule has 9 nitrogen and oxygen atoms in total. The van der Waals surface area contributed by atoms with E-state index in [9.17, 15) is 14.4 Å². The molecule has 2 aromatic carbocycles. The standard InChI is InChI=1S/C26H25N3O6/c30-24(29-14-18-13-17(25(31)32)9-10-27-18)16-34-12-11-28-26(33)35-15-23-21-7-3-1-5-19(21)20-6-2-4-8-22(20)23/h1-10,13,23H,11-12,14-16H2,(H,28,33)(H,29,30)(H,31,32). The molecule has 0 unspecified atom stereocenters. The highest BCUT2D eigenvalue weighted by atomic mass is 16.5. The first-order valence-corrected chi connectivity index (χ1v) is 11.1. The zero-order chi connectivity index (χ0) is 24.6. The molecule has 1 aliphatic rings. The van der Waals surface area contributed by atoms with Gasteiger partial charge in [0.2, 0.25) is 5.91 Å². The van der Waals surface area contributed by atoms with Crippen LogP contribution >= 0.6 is 0 Å². The van der Waals surface area contributed by atoms with E-state index in [0.717, 1.165) is 22.3 Å². The normalized spacial score (nSPS) is 11.9. The summed E-state index contributed by atoms with van der Waals surface area (Å²) in [6.07, 6.45) is 0.820. The number of carboxylic acids is 1. The van der Waals surface area contributed by atoms with Crippen LogP contribution in [0, 0.1) is 0 Å². The van der Waals surface area contributed by atoms with E-state index >= 15 is 0 Å². The number of carbonyl (C=O) groups is 3. The SMILES string of the molecule is O=C(COCCNC(=O)OCC1c2ccccc2-c2ccccc21)NCc1cc(C(=O)O)ccn1. The van der Waals surface area contributed by atoms with E-state index in [4.69, 9.17) is 14.6 Å². The van der Waals surface area contributed by atoms with Gasteiger partial charge in [0, 0.05) is 18.7 Å². The van der Waals surface area contributed by atoms with E-state index in [0.29, 0.717) is 5.69 Å². The zero-order valence-corrected chi connectivity index (χ0v) is 18.9. The smallest absolute Gasteiger partial charge is 0.407 e. The van der Waals surface area contributed by atoms with Gasteiger partial charge in [-0.3, -0.25) is 9.78 Å². The third-order valence-corrected chi connectivity index (χ3v) is 5.62. The summed E-state index contributed by atoms with van der Waals surface area (Å²) in [5.74, 6) is -1.46. The number of rotatable bonds is 10. The van der Waals surface area contributed by atoms with Crippen LogP contribution in [0.4, 0.5) is 4.79 Å². The lowest BCUT2D eigenvalue weighted by Crippen LogP contribution is -2.31. The fourth-order valence-corrected chi connectivity index (χ4v) is 3.99. The highest BCUT2D eigenvalue weighted by Crippen LogP contribution is 2.44. The number of pyridine rings is 1. The fraction of sp³-hybridized carbons (Fsp3) is 0.231. The van der Waals surface area contributed by atoms with Crippen molar-refractivity contribution in [2.45, 2.75) is 12.5 Å². The van der Waals surface area contributed by atoms with Gasteiger partial charge in [-0.05, 0) is 34.4 Å². The number of carboxylic acid groups (broad SMARTS) is 1. The van der Waals surface area contributed by atoms with Gasteiger partial charge in [0.15, 0.2) is 0 Å². The molecule has 0 fully saturated rings. The summed E-state index contributed by atoms with van der Waals surface area (Å²) in [5, 5.41) is 14.2. The minimum atomic E-state index is -1.06. The van der Waals surface area contributed by atoms with Crippen molar-refractivity contribution in [2.75, 3.05) is 26.4 Å². The molecule has 0 aliphatic heterocycles. The molecule has 180 valence electrons. The molecule has 1 aliphatic carbocycles. The van der Waals surface area contributed by atoms with E-state index in [-0.39, 0.29) is 50.3 Å². The number of ether oxygens (including phenoxy) is 2. The summed E-state index contributed by atoms with van der Waals surface area (Å²) in [7, 11) is 0. The number of amides is 2. The molecule has 2 amide bonds. The second-order valence-corrected chi connectivity index (χ2v) is 7.92. The molecule has 0 atom stereocenters. The van der Waals surface area contributed by atoms with Gasteiger partial charge in [0.1, 0.15) is 13.2 Å². The number of fused-ring (bicyclic) bond motifs is 3. The van der Waals surface area contributed by atoms with Crippen LogP contribution in [0.3, 0.4) is 0 Å². The predicted molar refractivity (Wildman–Crippen MR) is 127 cm³/mol. The summed E-state index contributed by atoms with van der Waals surface area (Å²) in [6.45, 7) is 0.420. The second-order valence-electron chi connectivity index (χ2n) is 7.92. The fourth-order valence-electron chi connectivity index (χ4n) is 3.99. The Hall–Kier alpha value is -4.24. The maximum atomic E-state index is 12.1. The van der Waals surface area contributed by atoms with Crippen molar-refractivity contribution in [1.29, 1.82) is 0 Å². The van der Waals surface area contributed by atoms with Gasteiger partial charge >= 0.3 is 12.1 Å². The molecule has 0 spiro atoms. The van der Waals surface area contributed by atoms with Gasteiger partial charge in [-0.25, -0.2) is 9.59 Å². The van der Waals surface area contributed by atoms with Gasteiger partial charge in [0.25, 0.3) is 0 Å². The van der Waals surface area contributed by atoms with Crippen LogP contribution < -0.4 is 10.6 Å². The summed E-state index contributed by atoms with van der Waals surface area (Å²) >= 11 is 0. The molecular formula is C26H25N3O6. The van der Waals surface area contributed by atoms with Crippen LogP contribution in [-0.2, 0) is 20.8 Å². The molecule has 0 saturated carbocycles. The number of nitrogens with one attached hydrogen (secondary N) is 2. The number of aromatic carboxylic acids is 1. The lowest BCUT2D eigenvalue weighted by molar-refractivity contribution is -0.125. The lowest BCUT2D eigenvalue weighted by atomic mass is 9.98. The average Bonchev–Trinajstić information content (AvgIpc) is 3.20. The van der Waals surface area contributed by atoms with Crippen molar-refractivity contribution in [3.63, 3.8) is 0 Å². The van der Waals surface area contributed by atoms with Gasteiger partial charge in [-0.2, -0.15) is 0 Å². The Morgan fingerprint density at radius 1 is 0.943 bits per heavy atom. The van der Waals surface area contributed by atoms with Crippen molar-refractivity contribution in [1.82, 2.24) is 15.6 Å². The first-order chi connectivity index (χ1) is 17.0. The van der Waals surface area contributed by atoms with Crippen LogP contribution in [0.15, 0.2) is 66.9 Å². The van der Waals surface area contributed by atoms with E-state index in [1.807, 2.05) is 24.3 Å². The lowest BCUT2D eigenvalue weighted by Gasteiger charge is -2.14. The van der Waals surface area contributed by atoms with Crippen LogP contribution in [-0.4, -0.2) is 54.4 Å². The van der Waals surface area contributed by atoms with E-state index in [1.54, 1.807) is 0 Å². The topological polar surface area (TPSA) is 127 Å². The number of aromatic nitrogens is 1. The number of carbonyl (C=O) groups excluding carboxylic acids is 2. The molecule has 4 rings (SSSR count). The maximum absolute atomic E-state index is 12.1. The van der Waals surface area contributed by atoms with Gasteiger partial charge in [0.05, 0.1) is 24.4 Å². The Labute approximate surface area is 202 Å². The van der Waals surface area contributed by atoms with Gasteiger partial charge in [-0.15, -0.1) is 0 Å². The third-order valence-electron chi connectivity index (χ3n) is 5.62. The molecular weight excluding hydrogens is 450 g/mol. The van der Waals surface area contributed by atoms with Crippen LogP contribution in [0.5, 0.6) is 0 Å². The Bertz CT molecular complexity index is 1180. The molecule has 1 heterocycles. The van der Waals surface area contributed by atoms with Crippen LogP contribution in [0.25, 0.3) is 11.1 Å². The number of benzene rings is 2. The number of hydrogen-bond donors (Lipinski definition) is 3. The van der Waals surface area contributed by atoms with E-state index in [2.05, 4.69) is 39.9 Å². The van der Waals surface area contributed by atoms with E-state index in [1.165, 1.54) is 18.3 Å². The molecule has 35 heavy (non-hydrogen) atoms. The van der Waals surface area contributed by atoms with Crippen molar-refractivity contribution in [2.24, 2.45) is 0 Å². The third kappa shape index (κ3) is 6.01. The highest BCUT2D eigenvalue weighted by Gasteiger charge is 2.28. The molecule has 0 bridgehead atoms. The number of nitrogens with zero attached hydrogens (tertiary/aromatic N) is 1. The van der Waals surface area contributed by atoms with Gasteiger partial charge < -0.3 is 25.2 Å². The molecule has 3 N–H and O–H groups in total. The molecule has 9 heteroatoms. The maximum Gasteiger partial charge on any atom is 0.407 e.